The van der Waals surface area contributed by atoms with Crippen LogP contribution in [0.1, 0.15) is 6.92 Å². The van der Waals surface area contributed by atoms with Crippen LogP contribution in [0.15, 0.2) is 36.0 Å². The van der Waals surface area contributed by atoms with Gasteiger partial charge in [-0.25, -0.2) is 19.2 Å². The summed E-state index contributed by atoms with van der Waals surface area (Å²) in [5.41, 5.74) is 9.09. The Morgan fingerprint density at radius 1 is 0.696 bits per heavy atom. The Balaban J connectivity index is 4.63. The van der Waals surface area contributed by atoms with Crippen molar-refractivity contribution in [3.63, 3.8) is 0 Å². The number of nitrogens with two attached hydrogens (primary N) is 2. The van der Waals surface area contributed by atoms with Crippen molar-refractivity contribution in [1.29, 1.82) is 0 Å². The topological polar surface area (TPSA) is 173 Å². The summed E-state index contributed by atoms with van der Waals surface area (Å²) >= 11 is 0. The first-order valence-corrected chi connectivity index (χ1v) is 5.77. The molecular weight excluding hydrogens is 312 g/mol. The Kier molecular flexibility index (Phi) is 7.94. The summed E-state index contributed by atoms with van der Waals surface area (Å²) in [6.45, 7) is 1.11. The summed E-state index contributed by atoms with van der Waals surface area (Å²) in [6, 6.07) is 0. The molecule has 122 valence electrons. The molecule has 0 aromatic rings. The maximum absolute atomic E-state index is 11.4. The van der Waals surface area contributed by atoms with Gasteiger partial charge in [-0.15, -0.1) is 0 Å². The Labute approximate surface area is 129 Å². The van der Waals surface area contributed by atoms with Gasteiger partial charge >= 0.3 is 23.9 Å². The van der Waals surface area contributed by atoms with Crippen molar-refractivity contribution in [1.82, 2.24) is 0 Å². The zero-order valence-corrected chi connectivity index (χ0v) is 11.8. The number of ether oxygens (including phenoxy) is 2. The Hall–Kier alpha value is -3.56. The predicted molar refractivity (Wildman–Crippen MR) is 72.6 cm³/mol. The number of esters is 4. The molecule has 0 aromatic carbocycles. The van der Waals surface area contributed by atoms with Crippen LogP contribution in [-0.4, -0.2) is 35.7 Å². The van der Waals surface area contributed by atoms with E-state index in [1.807, 2.05) is 0 Å². The predicted octanol–water partition coefficient (Wildman–Crippen LogP) is -1.84. The molecule has 0 aliphatic heterocycles. The number of hydrogen-bond acceptors (Lipinski definition) is 8. The molecule has 0 atom stereocenters. The quantitative estimate of drug-likeness (QED) is 0.325. The second-order valence-corrected chi connectivity index (χ2v) is 3.75. The van der Waals surface area contributed by atoms with E-state index < -0.39 is 35.7 Å². The summed E-state index contributed by atoms with van der Waals surface area (Å²) in [6.07, 6.45) is 3.16. The van der Waals surface area contributed by atoms with E-state index >= 15 is 0 Å². The first-order valence-electron chi connectivity index (χ1n) is 5.77. The minimum absolute atomic E-state index is 0.359. The third kappa shape index (κ3) is 9.90. The Morgan fingerprint density at radius 2 is 1.13 bits per heavy atom. The van der Waals surface area contributed by atoms with Gasteiger partial charge in [0, 0.05) is 36.0 Å². The lowest BCUT2D eigenvalue weighted by atomic mass is 10.3. The third-order valence-corrected chi connectivity index (χ3v) is 1.82. The summed E-state index contributed by atoms with van der Waals surface area (Å²) in [4.78, 5) is 65.5. The number of rotatable bonds is 6. The normalized spacial score (nSPS) is 11.3. The van der Waals surface area contributed by atoms with E-state index in [2.05, 4.69) is 9.47 Å². The molecule has 0 unspecified atom stereocenters. The fraction of sp³-hybridized carbons (Fsp3) is 0.0769. The van der Waals surface area contributed by atoms with E-state index in [1.54, 1.807) is 0 Å². The van der Waals surface area contributed by atoms with Gasteiger partial charge in [0.25, 0.3) is 0 Å². The second kappa shape index (κ2) is 9.39. The van der Waals surface area contributed by atoms with Crippen LogP contribution in [0.2, 0.25) is 0 Å². The molecule has 4 N–H and O–H groups in total. The number of amides is 2. The van der Waals surface area contributed by atoms with Gasteiger partial charge in [-0.1, -0.05) is 0 Å². The van der Waals surface area contributed by atoms with Gasteiger partial charge in [0.2, 0.25) is 11.8 Å². The molecule has 2 amide bonds. The van der Waals surface area contributed by atoms with Gasteiger partial charge in [-0.3, -0.25) is 9.59 Å². The van der Waals surface area contributed by atoms with E-state index in [-0.39, 0.29) is 5.57 Å². The average molecular weight is 324 g/mol. The van der Waals surface area contributed by atoms with E-state index in [0.29, 0.717) is 30.4 Å². The maximum Gasteiger partial charge on any atom is 0.341 e. The zero-order valence-electron chi connectivity index (χ0n) is 11.8. The van der Waals surface area contributed by atoms with Crippen molar-refractivity contribution in [3.8, 4) is 0 Å². The minimum Gasteiger partial charge on any atom is -0.387 e. The van der Waals surface area contributed by atoms with Crippen LogP contribution >= 0.6 is 0 Å². The highest BCUT2D eigenvalue weighted by Crippen LogP contribution is 1.99. The van der Waals surface area contributed by atoms with Crippen molar-refractivity contribution in [3.05, 3.63) is 36.0 Å². The van der Waals surface area contributed by atoms with Gasteiger partial charge in [0.15, 0.2) is 0 Å². The summed E-state index contributed by atoms with van der Waals surface area (Å²) in [7, 11) is 0. The average Bonchev–Trinajstić information content (AvgIpc) is 2.42. The highest BCUT2D eigenvalue weighted by Gasteiger charge is 2.13. The maximum atomic E-state index is 11.4. The van der Waals surface area contributed by atoms with Gasteiger partial charge in [-0.2, -0.15) is 0 Å². The number of carbonyl (C=O) groups excluding carboxylic acids is 6. The molecule has 0 fully saturated rings. The highest BCUT2D eigenvalue weighted by atomic mass is 16.6. The van der Waals surface area contributed by atoms with Gasteiger partial charge in [0.05, 0.1) is 0 Å². The molecule has 0 aliphatic carbocycles. The standard InChI is InChI=1S/C13H12N2O8/c1-7(13(21)23-11(19)5-3-9(15)17)6-12(20)22-10(18)4-2-8(14)16/h2-6H,1H3,(H2,14,16)(H2,15,17)/b4-2-,5-3-,7-6-. The molecule has 0 bridgehead atoms. The molecular formula is C13H12N2O8. The van der Waals surface area contributed by atoms with E-state index in [4.69, 9.17) is 11.5 Å². The first-order chi connectivity index (χ1) is 10.6. The minimum atomic E-state index is -1.24. The van der Waals surface area contributed by atoms with Crippen LogP contribution in [0.25, 0.3) is 0 Å². The molecule has 0 saturated heterocycles. The molecule has 0 spiro atoms. The smallest absolute Gasteiger partial charge is 0.341 e. The van der Waals surface area contributed by atoms with Crippen molar-refractivity contribution in [2.24, 2.45) is 11.5 Å². The van der Waals surface area contributed by atoms with Crippen molar-refractivity contribution < 1.29 is 38.2 Å². The fourth-order valence-corrected chi connectivity index (χ4v) is 0.905. The van der Waals surface area contributed by atoms with Gasteiger partial charge < -0.3 is 20.9 Å². The van der Waals surface area contributed by atoms with Crippen LogP contribution in [0.5, 0.6) is 0 Å². The highest BCUT2D eigenvalue weighted by molar-refractivity contribution is 6.05. The molecule has 0 radical (unpaired) electrons. The molecule has 0 aromatic heterocycles. The molecule has 10 nitrogen and oxygen atoms in total. The van der Waals surface area contributed by atoms with E-state index in [0.717, 1.165) is 6.92 Å². The molecule has 0 saturated carbocycles. The SMILES string of the molecule is C/C(=C/C(=O)OC(=O)/C=C\C(N)=O)C(=O)OC(=O)/C=C\C(N)=O. The molecule has 0 heterocycles. The lowest BCUT2D eigenvalue weighted by Crippen LogP contribution is -2.15. The van der Waals surface area contributed by atoms with Crippen LogP contribution in [0.3, 0.4) is 0 Å². The lowest BCUT2D eigenvalue weighted by molar-refractivity contribution is -0.156. The Morgan fingerprint density at radius 3 is 1.57 bits per heavy atom. The molecule has 10 heteroatoms. The zero-order chi connectivity index (χ0) is 18.0. The van der Waals surface area contributed by atoms with Crippen LogP contribution in [0, 0.1) is 0 Å². The van der Waals surface area contributed by atoms with Crippen molar-refractivity contribution in [2.45, 2.75) is 6.92 Å². The monoisotopic (exact) mass is 324 g/mol. The van der Waals surface area contributed by atoms with Crippen LogP contribution < -0.4 is 11.5 Å². The largest absolute Gasteiger partial charge is 0.387 e. The van der Waals surface area contributed by atoms with Crippen LogP contribution in [-0.2, 0) is 38.2 Å². The van der Waals surface area contributed by atoms with Crippen LogP contribution in [0.4, 0.5) is 0 Å². The number of carbonyl (C=O) groups is 6. The second-order valence-electron chi connectivity index (χ2n) is 3.75. The van der Waals surface area contributed by atoms with Crippen molar-refractivity contribution in [2.75, 3.05) is 0 Å². The van der Waals surface area contributed by atoms with Gasteiger partial charge in [0.1, 0.15) is 0 Å². The third-order valence-electron chi connectivity index (χ3n) is 1.82. The molecule has 23 heavy (non-hydrogen) atoms. The molecule has 0 aliphatic rings. The fourth-order valence-electron chi connectivity index (χ4n) is 0.905. The number of hydrogen-bond donors (Lipinski definition) is 2. The number of primary amides is 2. The lowest BCUT2D eigenvalue weighted by Gasteiger charge is -2.00. The van der Waals surface area contributed by atoms with Crippen molar-refractivity contribution >= 4 is 35.7 Å². The summed E-state index contributed by atoms with van der Waals surface area (Å²) in [5, 5.41) is 0. The van der Waals surface area contributed by atoms with E-state index in [1.165, 1.54) is 0 Å². The Bertz CT molecular complexity index is 642. The summed E-state index contributed by atoms with van der Waals surface area (Å²) in [5.74, 6) is -6.66. The van der Waals surface area contributed by atoms with Gasteiger partial charge in [-0.05, 0) is 6.92 Å². The van der Waals surface area contributed by atoms with E-state index in [9.17, 15) is 28.8 Å². The summed E-state index contributed by atoms with van der Waals surface area (Å²) < 4.78 is 8.43. The first kappa shape index (κ1) is 19.4. The molecule has 0 rings (SSSR count).